The van der Waals surface area contributed by atoms with Crippen LogP contribution in [0.15, 0.2) is 176 Å². The van der Waals surface area contributed by atoms with Crippen LogP contribution in [0.3, 0.4) is 0 Å². The lowest BCUT2D eigenvalue weighted by molar-refractivity contribution is 1.06. The van der Waals surface area contributed by atoms with E-state index in [1.54, 1.807) is 0 Å². The van der Waals surface area contributed by atoms with E-state index in [0.29, 0.717) is 23.0 Å². The van der Waals surface area contributed by atoms with Crippen molar-refractivity contribution in [1.82, 2.24) is 19.5 Å². The van der Waals surface area contributed by atoms with E-state index >= 15 is 0 Å². The normalized spacial score (nSPS) is 11.1. The Bertz CT molecular complexity index is 2670. The zero-order valence-electron chi connectivity index (χ0n) is 27.5. The third-order valence-electron chi connectivity index (χ3n) is 9.31. The highest BCUT2D eigenvalue weighted by Crippen LogP contribution is 2.39. The molecule has 0 saturated carbocycles. The van der Waals surface area contributed by atoms with Crippen LogP contribution < -0.4 is 0 Å². The lowest BCUT2D eigenvalue weighted by Gasteiger charge is -2.16. The van der Waals surface area contributed by atoms with Crippen LogP contribution in [-0.2, 0) is 0 Å². The molecular formula is C46H29N5. The van der Waals surface area contributed by atoms with Crippen molar-refractivity contribution < 1.29 is 0 Å². The predicted octanol–water partition coefficient (Wildman–Crippen LogP) is 11.2. The molecule has 0 aliphatic carbocycles. The van der Waals surface area contributed by atoms with Gasteiger partial charge in [-0.25, -0.2) is 15.0 Å². The predicted molar refractivity (Wildman–Crippen MR) is 206 cm³/mol. The van der Waals surface area contributed by atoms with Crippen molar-refractivity contribution in [1.29, 1.82) is 5.26 Å². The number of hydrogen-bond donors (Lipinski definition) is 0. The summed E-state index contributed by atoms with van der Waals surface area (Å²) < 4.78 is 2.33. The molecule has 238 valence electrons. The Kier molecular flexibility index (Phi) is 7.46. The first-order chi connectivity index (χ1) is 25.2. The van der Waals surface area contributed by atoms with E-state index in [4.69, 9.17) is 15.0 Å². The molecule has 0 bridgehead atoms. The molecule has 0 N–H and O–H groups in total. The van der Waals surface area contributed by atoms with Crippen LogP contribution in [0.2, 0.25) is 0 Å². The number of fused-ring (bicyclic) bond motifs is 3. The Hall–Kier alpha value is -7.16. The average molecular weight is 652 g/mol. The Labute approximate surface area is 295 Å². The molecule has 0 aliphatic rings. The molecule has 51 heavy (non-hydrogen) atoms. The number of hydrogen-bond acceptors (Lipinski definition) is 4. The maximum absolute atomic E-state index is 9.46. The van der Waals surface area contributed by atoms with Crippen LogP contribution in [0.1, 0.15) is 5.56 Å². The summed E-state index contributed by atoms with van der Waals surface area (Å²) in [6, 6.07) is 62.2. The summed E-state index contributed by atoms with van der Waals surface area (Å²) in [4.78, 5) is 15.2. The largest absolute Gasteiger partial charge is 0.308 e. The van der Waals surface area contributed by atoms with Crippen molar-refractivity contribution >= 4 is 21.8 Å². The first-order valence-electron chi connectivity index (χ1n) is 16.8. The fraction of sp³-hybridized carbons (Fsp3) is 0. The fourth-order valence-corrected chi connectivity index (χ4v) is 6.79. The third kappa shape index (κ3) is 5.51. The summed E-state index contributed by atoms with van der Waals surface area (Å²) in [5.41, 5.74) is 10.8. The number of nitriles is 1. The van der Waals surface area contributed by atoms with Crippen LogP contribution in [-0.4, -0.2) is 19.5 Å². The van der Waals surface area contributed by atoms with Gasteiger partial charge in [0.25, 0.3) is 0 Å². The maximum atomic E-state index is 9.46. The molecule has 0 radical (unpaired) electrons. The standard InChI is InChI=1S/C46H29N5/c47-30-31-20-22-33(23-21-31)37-24-26-39(46-49-44(34-14-6-2-7-15-34)48-45(50-46)35-16-8-3-9-17-35)43(29-37)51-41-19-11-10-18-38(41)40-28-36(25-27-42(40)51)32-12-4-1-5-13-32/h1-29H. The molecule has 9 aromatic rings. The second-order valence-electron chi connectivity index (χ2n) is 12.4. The van der Waals surface area contributed by atoms with Gasteiger partial charge in [0.05, 0.1) is 28.4 Å². The SMILES string of the molecule is N#Cc1ccc(-c2ccc(-c3nc(-c4ccccc4)nc(-c4ccccc4)n3)c(-n3c4ccccc4c4cc(-c5ccccc5)ccc43)c2)cc1. The Morgan fingerprint density at radius 3 is 1.53 bits per heavy atom. The molecule has 5 heteroatoms. The lowest BCUT2D eigenvalue weighted by Crippen LogP contribution is -2.04. The molecule has 0 unspecified atom stereocenters. The molecule has 0 amide bonds. The minimum atomic E-state index is 0.580. The molecule has 0 saturated heterocycles. The van der Waals surface area contributed by atoms with E-state index in [2.05, 4.69) is 95.6 Å². The van der Waals surface area contributed by atoms with Crippen LogP contribution >= 0.6 is 0 Å². The fourth-order valence-electron chi connectivity index (χ4n) is 6.79. The van der Waals surface area contributed by atoms with E-state index < -0.39 is 0 Å². The van der Waals surface area contributed by atoms with E-state index in [0.717, 1.165) is 60.9 Å². The zero-order chi connectivity index (χ0) is 34.1. The number of aromatic nitrogens is 4. The van der Waals surface area contributed by atoms with Crippen molar-refractivity contribution in [2.75, 3.05) is 0 Å². The Morgan fingerprint density at radius 1 is 0.392 bits per heavy atom. The van der Waals surface area contributed by atoms with Gasteiger partial charge in [0, 0.05) is 27.5 Å². The van der Waals surface area contributed by atoms with Crippen LogP contribution in [0.25, 0.3) is 83.9 Å². The summed E-state index contributed by atoms with van der Waals surface area (Å²) in [5, 5.41) is 11.8. The van der Waals surface area contributed by atoms with Gasteiger partial charge >= 0.3 is 0 Å². The molecule has 0 aliphatic heterocycles. The van der Waals surface area contributed by atoms with Crippen molar-refractivity contribution in [3.8, 4) is 68.2 Å². The molecule has 2 heterocycles. The van der Waals surface area contributed by atoms with Gasteiger partial charge < -0.3 is 4.57 Å². The van der Waals surface area contributed by atoms with Gasteiger partial charge in [-0.15, -0.1) is 0 Å². The molecule has 7 aromatic carbocycles. The van der Waals surface area contributed by atoms with Crippen molar-refractivity contribution in [2.24, 2.45) is 0 Å². The molecule has 0 spiro atoms. The summed E-state index contributed by atoms with van der Waals surface area (Å²) in [6.07, 6.45) is 0. The van der Waals surface area contributed by atoms with E-state index in [-0.39, 0.29) is 0 Å². The first kappa shape index (κ1) is 29.9. The van der Waals surface area contributed by atoms with Crippen molar-refractivity contribution in [3.63, 3.8) is 0 Å². The minimum Gasteiger partial charge on any atom is -0.308 e. The lowest BCUT2D eigenvalue weighted by atomic mass is 10.00. The van der Waals surface area contributed by atoms with E-state index in [1.807, 2.05) is 91.0 Å². The highest BCUT2D eigenvalue weighted by molar-refractivity contribution is 6.11. The van der Waals surface area contributed by atoms with Gasteiger partial charge in [-0.1, -0.05) is 133 Å². The van der Waals surface area contributed by atoms with Crippen LogP contribution in [0, 0.1) is 11.3 Å². The van der Waals surface area contributed by atoms with Gasteiger partial charge in [-0.2, -0.15) is 5.26 Å². The number of nitrogens with zero attached hydrogens (tertiary/aromatic N) is 5. The van der Waals surface area contributed by atoms with Crippen LogP contribution in [0.5, 0.6) is 0 Å². The summed E-state index contributed by atoms with van der Waals surface area (Å²) in [5.74, 6) is 1.79. The quantitative estimate of drug-likeness (QED) is 0.179. The van der Waals surface area contributed by atoms with Crippen molar-refractivity contribution in [2.45, 2.75) is 0 Å². The Balaban J connectivity index is 1.34. The van der Waals surface area contributed by atoms with Gasteiger partial charge in [-0.05, 0) is 64.7 Å². The minimum absolute atomic E-state index is 0.580. The third-order valence-corrected chi connectivity index (χ3v) is 9.31. The van der Waals surface area contributed by atoms with Crippen LogP contribution in [0.4, 0.5) is 0 Å². The highest BCUT2D eigenvalue weighted by atomic mass is 15.1. The smallest absolute Gasteiger partial charge is 0.166 e. The molecule has 5 nitrogen and oxygen atoms in total. The summed E-state index contributed by atoms with van der Waals surface area (Å²) in [7, 11) is 0. The summed E-state index contributed by atoms with van der Waals surface area (Å²) in [6.45, 7) is 0. The number of para-hydroxylation sites is 1. The van der Waals surface area contributed by atoms with E-state index in [9.17, 15) is 5.26 Å². The number of benzene rings is 7. The van der Waals surface area contributed by atoms with Crippen molar-refractivity contribution in [3.05, 3.63) is 181 Å². The Morgan fingerprint density at radius 2 is 0.882 bits per heavy atom. The molecule has 0 fully saturated rings. The second kappa shape index (κ2) is 12.7. The second-order valence-corrected chi connectivity index (χ2v) is 12.4. The van der Waals surface area contributed by atoms with Gasteiger partial charge in [0.2, 0.25) is 0 Å². The monoisotopic (exact) mass is 651 g/mol. The van der Waals surface area contributed by atoms with Gasteiger partial charge in [0.1, 0.15) is 0 Å². The average Bonchev–Trinajstić information content (AvgIpc) is 3.55. The molecule has 0 atom stereocenters. The maximum Gasteiger partial charge on any atom is 0.166 e. The molecule has 2 aromatic heterocycles. The summed E-state index contributed by atoms with van der Waals surface area (Å²) >= 11 is 0. The van der Waals surface area contributed by atoms with E-state index in [1.165, 1.54) is 5.56 Å². The molecule has 9 rings (SSSR count). The first-order valence-corrected chi connectivity index (χ1v) is 16.8. The van der Waals surface area contributed by atoms with Gasteiger partial charge in [-0.3, -0.25) is 0 Å². The highest BCUT2D eigenvalue weighted by Gasteiger charge is 2.20. The number of rotatable bonds is 6. The zero-order valence-corrected chi connectivity index (χ0v) is 27.5. The topological polar surface area (TPSA) is 67.4 Å². The molecular weight excluding hydrogens is 623 g/mol. The van der Waals surface area contributed by atoms with Gasteiger partial charge in [0.15, 0.2) is 17.5 Å².